The number of hydrogen-bond donors (Lipinski definition) is 3. The summed E-state index contributed by atoms with van der Waals surface area (Å²) in [5.41, 5.74) is 1.46. The number of para-hydroxylation sites is 1. The number of sulfonamides is 1. The normalized spacial score (nSPS) is 17.6. The molecule has 0 saturated carbocycles. The Hall–Kier alpha value is -2.79. The van der Waals surface area contributed by atoms with Crippen molar-refractivity contribution in [2.75, 3.05) is 44.6 Å². The lowest BCUT2D eigenvalue weighted by Gasteiger charge is -2.24. The third kappa shape index (κ3) is 6.07. The molecule has 0 radical (unpaired) electrons. The van der Waals surface area contributed by atoms with Crippen LogP contribution in [0.2, 0.25) is 0 Å². The molecule has 0 amide bonds. The molecule has 9 nitrogen and oxygen atoms in total. The molecular formula is C25H32N6O3S. The summed E-state index contributed by atoms with van der Waals surface area (Å²) in [5, 5.41) is 7.43. The first-order chi connectivity index (χ1) is 17.1. The van der Waals surface area contributed by atoms with Crippen LogP contribution in [-0.4, -0.2) is 68.7 Å². The molecule has 1 aromatic heterocycles. The molecule has 0 aliphatic carbocycles. The van der Waals surface area contributed by atoms with E-state index in [4.69, 9.17) is 4.74 Å². The highest BCUT2D eigenvalue weighted by atomic mass is 32.2. The molecule has 35 heavy (non-hydrogen) atoms. The van der Waals surface area contributed by atoms with Crippen LogP contribution in [0.5, 0.6) is 5.75 Å². The molecule has 0 unspecified atom stereocenters. The van der Waals surface area contributed by atoms with Crippen LogP contribution in [0, 0.1) is 0 Å². The Morgan fingerprint density at radius 1 is 1.06 bits per heavy atom. The topological polar surface area (TPSA) is 108 Å². The highest BCUT2D eigenvalue weighted by molar-refractivity contribution is 7.89. The summed E-state index contributed by atoms with van der Waals surface area (Å²) < 4.78 is 34.2. The summed E-state index contributed by atoms with van der Waals surface area (Å²) in [6, 6.07) is 12.5. The summed E-state index contributed by atoms with van der Waals surface area (Å²) >= 11 is 0. The maximum Gasteiger partial charge on any atom is 0.240 e. The van der Waals surface area contributed by atoms with E-state index in [1.165, 1.54) is 12.8 Å². The van der Waals surface area contributed by atoms with Gasteiger partial charge < -0.3 is 20.3 Å². The molecule has 3 N–H and O–H groups in total. The third-order valence-corrected chi connectivity index (χ3v) is 7.97. The molecule has 2 aliphatic rings. The van der Waals surface area contributed by atoms with Crippen molar-refractivity contribution in [2.24, 2.45) is 0 Å². The van der Waals surface area contributed by atoms with Gasteiger partial charge in [0.25, 0.3) is 0 Å². The van der Waals surface area contributed by atoms with Gasteiger partial charge in [0, 0.05) is 30.4 Å². The maximum absolute atomic E-state index is 12.6. The molecule has 2 fully saturated rings. The predicted molar refractivity (Wildman–Crippen MR) is 137 cm³/mol. The number of fused-ring (bicyclic) bond motifs is 1. The molecule has 0 bridgehead atoms. The third-order valence-electron chi connectivity index (χ3n) is 6.49. The number of rotatable bonds is 9. The van der Waals surface area contributed by atoms with Crippen molar-refractivity contribution < 1.29 is 13.2 Å². The first-order valence-corrected chi connectivity index (χ1v) is 13.8. The standard InChI is InChI=1S/C25H32N6O3S/c32-35(33,28-14-17-31-15-1-2-16-31)22-8-6-20(7-9-22)29-25-27-18-19-4-3-5-23(24(19)30-25)34-21-10-12-26-13-11-21/h3-9,18,21,26,28H,1-2,10-17H2,(H,27,29,30). The van der Waals surface area contributed by atoms with E-state index in [1.54, 1.807) is 30.5 Å². The van der Waals surface area contributed by atoms with Gasteiger partial charge in [0.1, 0.15) is 17.4 Å². The average Bonchev–Trinajstić information content (AvgIpc) is 3.39. The van der Waals surface area contributed by atoms with Crippen molar-refractivity contribution in [3.8, 4) is 5.75 Å². The number of nitrogens with one attached hydrogen (secondary N) is 3. The quantitative estimate of drug-likeness (QED) is 0.415. The largest absolute Gasteiger partial charge is 0.488 e. The Morgan fingerprint density at radius 2 is 1.83 bits per heavy atom. The van der Waals surface area contributed by atoms with E-state index in [-0.39, 0.29) is 11.0 Å². The number of piperidine rings is 1. The van der Waals surface area contributed by atoms with Crippen LogP contribution < -0.4 is 20.1 Å². The molecule has 2 saturated heterocycles. The zero-order chi connectivity index (χ0) is 24.1. The molecular weight excluding hydrogens is 464 g/mol. The van der Waals surface area contributed by atoms with E-state index in [9.17, 15) is 8.42 Å². The van der Waals surface area contributed by atoms with E-state index in [0.717, 1.165) is 62.2 Å². The number of aromatic nitrogens is 2. The Balaban J connectivity index is 1.25. The molecule has 10 heteroatoms. The minimum atomic E-state index is -3.55. The van der Waals surface area contributed by atoms with Crippen LogP contribution >= 0.6 is 0 Å². The van der Waals surface area contributed by atoms with Crippen molar-refractivity contribution in [3.63, 3.8) is 0 Å². The number of likely N-dealkylation sites (tertiary alicyclic amines) is 1. The fourth-order valence-corrected chi connectivity index (χ4v) is 5.57. The fourth-order valence-electron chi connectivity index (χ4n) is 4.55. The van der Waals surface area contributed by atoms with Gasteiger partial charge >= 0.3 is 0 Å². The zero-order valence-corrected chi connectivity index (χ0v) is 20.6. The van der Waals surface area contributed by atoms with Gasteiger partial charge in [0.05, 0.1) is 4.90 Å². The van der Waals surface area contributed by atoms with Gasteiger partial charge in [0.2, 0.25) is 16.0 Å². The van der Waals surface area contributed by atoms with Crippen LogP contribution in [0.25, 0.3) is 10.9 Å². The van der Waals surface area contributed by atoms with Crippen LogP contribution in [0.3, 0.4) is 0 Å². The zero-order valence-electron chi connectivity index (χ0n) is 19.7. The number of anilines is 2. The number of benzene rings is 2. The molecule has 5 rings (SSSR count). The lowest BCUT2D eigenvalue weighted by atomic mass is 10.1. The Kier molecular flexibility index (Phi) is 7.43. The monoisotopic (exact) mass is 496 g/mol. The summed E-state index contributed by atoms with van der Waals surface area (Å²) in [4.78, 5) is 11.6. The van der Waals surface area contributed by atoms with Gasteiger partial charge in [-0.2, -0.15) is 0 Å². The van der Waals surface area contributed by atoms with Gasteiger partial charge in [-0.15, -0.1) is 0 Å². The number of nitrogens with zero attached hydrogens (tertiary/aromatic N) is 3. The second-order valence-corrected chi connectivity index (χ2v) is 10.8. The average molecular weight is 497 g/mol. The van der Waals surface area contributed by atoms with Crippen LogP contribution in [0.1, 0.15) is 25.7 Å². The predicted octanol–water partition coefficient (Wildman–Crippen LogP) is 2.88. The van der Waals surface area contributed by atoms with Crippen molar-refractivity contribution in [1.29, 1.82) is 0 Å². The van der Waals surface area contributed by atoms with Crippen molar-refractivity contribution >= 4 is 32.6 Å². The van der Waals surface area contributed by atoms with Gasteiger partial charge in [-0.25, -0.2) is 23.1 Å². The molecule has 3 aromatic rings. The molecule has 0 atom stereocenters. The minimum absolute atomic E-state index is 0.173. The fraction of sp³-hybridized carbons (Fsp3) is 0.440. The number of hydrogen-bond acceptors (Lipinski definition) is 8. The Labute approximate surface area is 206 Å². The lowest BCUT2D eigenvalue weighted by molar-refractivity contribution is 0.164. The molecule has 3 heterocycles. The van der Waals surface area contributed by atoms with Gasteiger partial charge in [0.15, 0.2) is 0 Å². The van der Waals surface area contributed by atoms with Gasteiger partial charge in [-0.3, -0.25) is 0 Å². The van der Waals surface area contributed by atoms with Crippen LogP contribution in [0.15, 0.2) is 53.6 Å². The molecule has 2 aliphatic heterocycles. The lowest BCUT2D eigenvalue weighted by Crippen LogP contribution is -2.34. The van der Waals surface area contributed by atoms with Crippen molar-refractivity contribution in [3.05, 3.63) is 48.7 Å². The summed E-state index contributed by atoms with van der Waals surface area (Å²) in [6.07, 6.45) is 6.25. The first kappa shape index (κ1) is 23.9. The summed E-state index contributed by atoms with van der Waals surface area (Å²) in [6.45, 7) is 5.15. The maximum atomic E-state index is 12.6. The first-order valence-electron chi connectivity index (χ1n) is 12.3. The molecule has 2 aromatic carbocycles. The molecule has 186 valence electrons. The van der Waals surface area contributed by atoms with Gasteiger partial charge in [-0.05, 0) is 82.2 Å². The second kappa shape index (κ2) is 10.9. The number of ether oxygens (including phenoxy) is 1. The molecule has 0 spiro atoms. The van der Waals surface area contributed by atoms with E-state index in [2.05, 4.69) is 30.2 Å². The van der Waals surface area contributed by atoms with E-state index < -0.39 is 10.0 Å². The van der Waals surface area contributed by atoms with E-state index >= 15 is 0 Å². The summed E-state index contributed by atoms with van der Waals surface area (Å²) in [7, 11) is -3.55. The summed E-state index contributed by atoms with van der Waals surface area (Å²) in [5.74, 6) is 1.18. The smallest absolute Gasteiger partial charge is 0.240 e. The Morgan fingerprint density at radius 3 is 2.60 bits per heavy atom. The van der Waals surface area contributed by atoms with E-state index in [1.807, 2.05) is 18.2 Å². The van der Waals surface area contributed by atoms with Crippen LogP contribution in [0.4, 0.5) is 11.6 Å². The SMILES string of the molecule is O=S(=O)(NCCN1CCCC1)c1ccc(Nc2ncc3cccc(OC4CCNCC4)c3n2)cc1. The van der Waals surface area contributed by atoms with Crippen molar-refractivity contribution in [2.45, 2.75) is 36.7 Å². The van der Waals surface area contributed by atoms with Gasteiger partial charge in [-0.1, -0.05) is 12.1 Å². The van der Waals surface area contributed by atoms with E-state index in [0.29, 0.717) is 18.2 Å². The Bertz CT molecular complexity index is 1240. The van der Waals surface area contributed by atoms with Crippen LogP contribution in [-0.2, 0) is 10.0 Å². The minimum Gasteiger partial charge on any atom is -0.488 e. The highest BCUT2D eigenvalue weighted by Gasteiger charge is 2.18. The van der Waals surface area contributed by atoms with Crippen molar-refractivity contribution in [1.82, 2.24) is 24.9 Å². The second-order valence-electron chi connectivity index (χ2n) is 9.05. The highest BCUT2D eigenvalue weighted by Crippen LogP contribution is 2.27.